The maximum Gasteiger partial charge on any atom is 0.230 e. The standard InChI is InChI=1S/C10H18BrNO/c1-8(12-10(13)7-11)9-5-3-2-4-6-9/h8-9H,2-7H2,1H3,(H,12,13)/t8-/m1/s1. The van der Waals surface area contributed by atoms with E-state index >= 15 is 0 Å². The van der Waals surface area contributed by atoms with Crippen molar-refractivity contribution in [3.8, 4) is 0 Å². The van der Waals surface area contributed by atoms with Crippen molar-refractivity contribution in [1.29, 1.82) is 0 Å². The largest absolute Gasteiger partial charge is 0.353 e. The summed E-state index contributed by atoms with van der Waals surface area (Å²) in [5.41, 5.74) is 0. The molecular formula is C10H18BrNO. The van der Waals surface area contributed by atoms with Crippen LogP contribution in [-0.4, -0.2) is 17.3 Å². The van der Waals surface area contributed by atoms with Crippen LogP contribution in [0.15, 0.2) is 0 Å². The van der Waals surface area contributed by atoms with Gasteiger partial charge in [-0.15, -0.1) is 0 Å². The molecule has 1 saturated carbocycles. The molecule has 1 fully saturated rings. The van der Waals surface area contributed by atoms with Crippen LogP contribution in [0.3, 0.4) is 0 Å². The van der Waals surface area contributed by atoms with Crippen molar-refractivity contribution in [3.63, 3.8) is 0 Å². The number of amides is 1. The molecule has 0 unspecified atom stereocenters. The molecule has 76 valence electrons. The molecule has 0 aromatic carbocycles. The molecule has 0 bridgehead atoms. The van der Waals surface area contributed by atoms with Gasteiger partial charge in [-0.25, -0.2) is 0 Å². The molecular weight excluding hydrogens is 230 g/mol. The van der Waals surface area contributed by atoms with Crippen molar-refractivity contribution >= 4 is 21.8 Å². The predicted octanol–water partition coefficient (Wildman–Crippen LogP) is 2.47. The number of rotatable bonds is 3. The van der Waals surface area contributed by atoms with E-state index in [-0.39, 0.29) is 5.91 Å². The molecule has 1 N–H and O–H groups in total. The minimum Gasteiger partial charge on any atom is -0.353 e. The third-order valence-corrected chi connectivity index (χ3v) is 3.38. The van der Waals surface area contributed by atoms with E-state index < -0.39 is 0 Å². The summed E-state index contributed by atoms with van der Waals surface area (Å²) in [6.07, 6.45) is 6.60. The van der Waals surface area contributed by atoms with Crippen molar-refractivity contribution in [1.82, 2.24) is 5.32 Å². The van der Waals surface area contributed by atoms with Crippen LogP contribution in [0.1, 0.15) is 39.0 Å². The van der Waals surface area contributed by atoms with Gasteiger partial charge in [-0.3, -0.25) is 4.79 Å². The highest BCUT2D eigenvalue weighted by Gasteiger charge is 2.20. The second kappa shape index (κ2) is 5.63. The minimum atomic E-state index is 0.109. The Morgan fingerprint density at radius 2 is 2.08 bits per heavy atom. The van der Waals surface area contributed by atoms with Gasteiger partial charge in [0.15, 0.2) is 0 Å². The number of hydrogen-bond acceptors (Lipinski definition) is 1. The molecule has 0 saturated heterocycles. The van der Waals surface area contributed by atoms with Gasteiger partial charge in [0.2, 0.25) is 5.91 Å². The number of halogens is 1. The summed E-state index contributed by atoms with van der Waals surface area (Å²) in [6, 6.07) is 0.352. The van der Waals surface area contributed by atoms with Gasteiger partial charge in [0, 0.05) is 6.04 Å². The molecule has 0 radical (unpaired) electrons. The Morgan fingerprint density at radius 1 is 1.46 bits per heavy atom. The maximum atomic E-state index is 11.1. The number of alkyl halides is 1. The summed E-state index contributed by atoms with van der Waals surface area (Å²) in [5.74, 6) is 0.815. The maximum absolute atomic E-state index is 11.1. The van der Waals surface area contributed by atoms with Crippen molar-refractivity contribution < 1.29 is 4.79 Å². The lowest BCUT2D eigenvalue weighted by atomic mass is 9.84. The number of nitrogens with one attached hydrogen (secondary N) is 1. The molecule has 1 aliphatic rings. The van der Waals surface area contributed by atoms with E-state index in [1.165, 1.54) is 32.1 Å². The van der Waals surface area contributed by atoms with Crippen LogP contribution in [0.25, 0.3) is 0 Å². The van der Waals surface area contributed by atoms with Gasteiger partial charge in [-0.05, 0) is 25.7 Å². The monoisotopic (exact) mass is 247 g/mol. The van der Waals surface area contributed by atoms with Crippen molar-refractivity contribution in [2.24, 2.45) is 5.92 Å². The molecule has 3 heteroatoms. The van der Waals surface area contributed by atoms with E-state index in [1.54, 1.807) is 0 Å². The SMILES string of the molecule is C[C@@H](NC(=O)CBr)C1CCCCC1. The number of carbonyl (C=O) groups excluding carboxylic acids is 1. The highest BCUT2D eigenvalue weighted by molar-refractivity contribution is 9.09. The Hall–Kier alpha value is -0.0500. The Bertz CT molecular complexity index is 166. The Kier molecular flexibility index (Phi) is 4.78. The molecule has 1 atom stereocenters. The van der Waals surface area contributed by atoms with E-state index in [0.717, 1.165) is 0 Å². The van der Waals surface area contributed by atoms with Crippen molar-refractivity contribution in [2.45, 2.75) is 45.1 Å². The molecule has 1 amide bonds. The second-order valence-corrected chi connectivity index (χ2v) is 4.45. The molecule has 0 aromatic heterocycles. The average molecular weight is 248 g/mol. The van der Waals surface area contributed by atoms with E-state index in [0.29, 0.717) is 17.3 Å². The van der Waals surface area contributed by atoms with Gasteiger partial charge in [0.1, 0.15) is 0 Å². The zero-order chi connectivity index (χ0) is 9.68. The predicted molar refractivity (Wildman–Crippen MR) is 58.0 cm³/mol. The Morgan fingerprint density at radius 3 is 2.62 bits per heavy atom. The topological polar surface area (TPSA) is 29.1 Å². The van der Waals surface area contributed by atoms with Gasteiger partial charge in [0.05, 0.1) is 5.33 Å². The first kappa shape index (κ1) is 11.0. The molecule has 0 aromatic rings. The van der Waals surface area contributed by atoms with Crippen LogP contribution in [0.2, 0.25) is 0 Å². The lowest BCUT2D eigenvalue weighted by Crippen LogP contribution is -2.39. The highest BCUT2D eigenvalue weighted by atomic mass is 79.9. The first-order valence-corrected chi connectivity index (χ1v) is 6.21. The lowest BCUT2D eigenvalue weighted by molar-refractivity contribution is -0.119. The summed E-state index contributed by atoms with van der Waals surface area (Å²) in [5, 5.41) is 3.43. The fraction of sp³-hybridized carbons (Fsp3) is 0.900. The Balaban J connectivity index is 2.28. The van der Waals surface area contributed by atoms with Crippen LogP contribution in [0.5, 0.6) is 0 Å². The molecule has 1 aliphatic carbocycles. The van der Waals surface area contributed by atoms with E-state index in [1.807, 2.05) is 0 Å². The van der Waals surface area contributed by atoms with Crippen LogP contribution >= 0.6 is 15.9 Å². The van der Waals surface area contributed by atoms with E-state index in [2.05, 4.69) is 28.2 Å². The van der Waals surface area contributed by atoms with Gasteiger partial charge in [-0.2, -0.15) is 0 Å². The highest BCUT2D eigenvalue weighted by Crippen LogP contribution is 2.26. The smallest absolute Gasteiger partial charge is 0.230 e. The van der Waals surface area contributed by atoms with Crippen LogP contribution in [-0.2, 0) is 4.79 Å². The molecule has 2 nitrogen and oxygen atoms in total. The molecule has 0 spiro atoms. The Labute approximate surface area is 88.6 Å². The second-order valence-electron chi connectivity index (χ2n) is 3.89. The summed E-state index contributed by atoms with van der Waals surface area (Å²) < 4.78 is 0. The van der Waals surface area contributed by atoms with Gasteiger partial charge in [0.25, 0.3) is 0 Å². The van der Waals surface area contributed by atoms with Crippen LogP contribution in [0.4, 0.5) is 0 Å². The molecule has 0 heterocycles. The normalized spacial score (nSPS) is 21.1. The third kappa shape index (κ3) is 3.67. The molecule has 0 aliphatic heterocycles. The van der Waals surface area contributed by atoms with E-state index in [4.69, 9.17) is 0 Å². The fourth-order valence-electron chi connectivity index (χ4n) is 2.04. The number of hydrogen-bond donors (Lipinski definition) is 1. The summed E-state index contributed by atoms with van der Waals surface area (Å²) in [7, 11) is 0. The zero-order valence-corrected chi connectivity index (χ0v) is 9.77. The summed E-state index contributed by atoms with van der Waals surface area (Å²) >= 11 is 3.16. The van der Waals surface area contributed by atoms with Crippen molar-refractivity contribution in [2.75, 3.05) is 5.33 Å². The quantitative estimate of drug-likeness (QED) is 0.764. The molecule has 1 rings (SSSR count). The van der Waals surface area contributed by atoms with Gasteiger partial charge >= 0.3 is 0 Å². The van der Waals surface area contributed by atoms with Gasteiger partial charge in [-0.1, -0.05) is 35.2 Å². The van der Waals surface area contributed by atoms with Crippen LogP contribution < -0.4 is 5.32 Å². The van der Waals surface area contributed by atoms with Crippen molar-refractivity contribution in [3.05, 3.63) is 0 Å². The minimum absolute atomic E-state index is 0.109. The first-order valence-electron chi connectivity index (χ1n) is 5.09. The van der Waals surface area contributed by atoms with Gasteiger partial charge < -0.3 is 5.32 Å². The molecule has 13 heavy (non-hydrogen) atoms. The summed E-state index contributed by atoms with van der Waals surface area (Å²) in [4.78, 5) is 11.1. The first-order chi connectivity index (χ1) is 6.24. The third-order valence-electron chi connectivity index (χ3n) is 2.87. The average Bonchev–Trinajstić information content (AvgIpc) is 2.19. The summed E-state index contributed by atoms with van der Waals surface area (Å²) in [6.45, 7) is 2.12. The van der Waals surface area contributed by atoms with Crippen LogP contribution in [0, 0.1) is 5.92 Å². The lowest BCUT2D eigenvalue weighted by Gasteiger charge is -2.28. The van der Waals surface area contributed by atoms with E-state index in [9.17, 15) is 4.79 Å². The number of carbonyl (C=O) groups is 1. The fourth-order valence-corrected chi connectivity index (χ4v) is 2.21. The zero-order valence-electron chi connectivity index (χ0n) is 8.18.